The molecule has 2 aromatic rings. The first-order valence-corrected chi connectivity index (χ1v) is 8.37. The summed E-state index contributed by atoms with van der Waals surface area (Å²) in [6.07, 6.45) is 1.45. The van der Waals surface area contributed by atoms with E-state index < -0.39 is 25.1 Å². The fraction of sp³-hybridized carbons (Fsp3) is 0.211. The third-order valence-corrected chi connectivity index (χ3v) is 3.89. The van der Waals surface area contributed by atoms with E-state index in [0.29, 0.717) is 10.7 Å². The summed E-state index contributed by atoms with van der Waals surface area (Å²) < 4.78 is 9.88. The van der Waals surface area contributed by atoms with Gasteiger partial charge in [0.05, 0.1) is 13.3 Å². The molecule has 0 saturated carbocycles. The molecule has 0 aliphatic carbocycles. The van der Waals surface area contributed by atoms with Gasteiger partial charge in [-0.1, -0.05) is 22.8 Å². The third kappa shape index (κ3) is 6.63. The van der Waals surface area contributed by atoms with Crippen molar-refractivity contribution in [3.05, 3.63) is 58.6 Å². The van der Waals surface area contributed by atoms with Gasteiger partial charge in [-0.25, -0.2) is 4.79 Å². The Balaban J connectivity index is 1.70. The fourth-order valence-electron chi connectivity index (χ4n) is 1.99. The number of esters is 1. The zero-order valence-electron chi connectivity index (χ0n) is 14.9. The molecule has 0 fully saturated rings. The van der Waals surface area contributed by atoms with Crippen molar-refractivity contribution < 1.29 is 23.9 Å². The number of amides is 1. The van der Waals surface area contributed by atoms with E-state index in [4.69, 9.17) is 25.9 Å². The zero-order valence-corrected chi connectivity index (χ0v) is 15.7. The van der Waals surface area contributed by atoms with Crippen LogP contribution in [-0.2, 0) is 19.2 Å². The first-order valence-electron chi connectivity index (χ1n) is 7.99. The Morgan fingerprint density at radius 3 is 2.59 bits per heavy atom. The summed E-state index contributed by atoms with van der Waals surface area (Å²) in [7, 11) is 1.58. The first kappa shape index (κ1) is 20.3. The van der Waals surface area contributed by atoms with Gasteiger partial charge in [-0.15, -0.1) is 0 Å². The molecule has 0 heterocycles. The van der Waals surface area contributed by atoms with Gasteiger partial charge >= 0.3 is 5.97 Å². The van der Waals surface area contributed by atoms with Gasteiger partial charge in [0.2, 0.25) is 6.61 Å². The van der Waals surface area contributed by atoms with Crippen LogP contribution in [0.1, 0.15) is 11.1 Å². The minimum absolute atomic E-state index is 0.407. The highest BCUT2D eigenvalue weighted by Gasteiger charge is 2.10. The van der Waals surface area contributed by atoms with Crippen LogP contribution in [0.5, 0.6) is 5.75 Å². The Labute approximate surface area is 161 Å². The van der Waals surface area contributed by atoms with E-state index in [1.165, 1.54) is 6.21 Å². The molecule has 2 aromatic carbocycles. The van der Waals surface area contributed by atoms with Crippen LogP contribution in [0.15, 0.2) is 47.6 Å². The number of oxime groups is 1. The topological polar surface area (TPSA) is 86.2 Å². The lowest BCUT2D eigenvalue weighted by atomic mass is 10.2. The molecule has 0 bridgehead atoms. The van der Waals surface area contributed by atoms with Gasteiger partial charge in [0.25, 0.3) is 5.91 Å². The number of halogens is 1. The maximum Gasteiger partial charge on any atom is 0.347 e. The molecule has 0 saturated heterocycles. The van der Waals surface area contributed by atoms with Crippen LogP contribution in [0, 0.1) is 6.92 Å². The molecule has 0 aromatic heterocycles. The van der Waals surface area contributed by atoms with E-state index >= 15 is 0 Å². The standard InChI is InChI=1S/C19H19ClN2O5/c1-13-16(20)4-3-5-17(13)22-18(23)11-26-19(24)12-27-21-10-14-6-8-15(25-2)9-7-14/h3-10H,11-12H2,1-2H3,(H,22,23)/b21-10-. The highest BCUT2D eigenvalue weighted by atomic mass is 35.5. The molecule has 0 spiro atoms. The largest absolute Gasteiger partial charge is 0.497 e. The number of methoxy groups -OCH3 is 1. The summed E-state index contributed by atoms with van der Waals surface area (Å²) in [5.74, 6) is -0.460. The van der Waals surface area contributed by atoms with Gasteiger partial charge in [-0.3, -0.25) is 4.79 Å². The summed E-state index contributed by atoms with van der Waals surface area (Å²) in [5, 5.41) is 6.83. The predicted octanol–water partition coefficient (Wildman–Crippen LogP) is 3.19. The van der Waals surface area contributed by atoms with Gasteiger partial charge in [0.15, 0.2) is 6.61 Å². The first-order chi connectivity index (χ1) is 13.0. The van der Waals surface area contributed by atoms with Gasteiger partial charge in [0.1, 0.15) is 5.75 Å². The number of hydrogen-bond donors (Lipinski definition) is 1. The van der Waals surface area contributed by atoms with Crippen LogP contribution in [0.25, 0.3) is 0 Å². The molecule has 1 N–H and O–H groups in total. The number of carbonyl (C=O) groups excluding carboxylic acids is 2. The summed E-state index contributed by atoms with van der Waals surface area (Å²) in [4.78, 5) is 28.3. The van der Waals surface area contributed by atoms with E-state index in [1.54, 1.807) is 56.5 Å². The van der Waals surface area contributed by atoms with Crippen molar-refractivity contribution in [1.29, 1.82) is 0 Å². The molecule has 0 aliphatic rings. The Kier molecular flexibility index (Phi) is 7.63. The van der Waals surface area contributed by atoms with Crippen LogP contribution < -0.4 is 10.1 Å². The molecular formula is C19H19ClN2O5. The van der Waals surface area contributed by atoms with Crippen LogP contribution in [0.2, 0.25) is 5.02 Å². The highest BCUT2D eigenvalue weighted by molar-refractivity contribution is 6.31. The van der Waals surface area contributed by atoms with E-state index in [-0.39, 0.29) is 0 Å². The summed E-state index contributed by atoms with van der Waals surface area (Å²) >= 11 is 5.98. The molecular weight excluding hydrogens is 372 g/mol. The Morgan fingerprint density at radius 2 is 1.89 bits per heavy atom. The molecule has 0 unspecified atom stereocenters. The van der Waals surface area contributed by atoms with Crippen molar-refractivity contribution in [2.45, 2.75) is 6.92 Å². The lowest BCUT2D eigenvalue weighted by molar-refractivity contribution is -0.151. The third-order valence-electron chi connectivity index (χ3n) is 3.48. The van der Waals surface area contributed by atoms with Crippen molar-refractivity contribution in [3.63, 3.8) is 0 Å². The van der Waals surface area contributed by atoms with Crippen LogP contribution in [0.4, 0.5) is 5.69 Å². The van der Waals surface area contributed by atoms with Gasteiger partial charge in [0, 0.05) is 10.7 Å². The van der Waals surface area contributed by atoms with E-state index in [0.717, 1.165) is 16.9 Å². The smallest absolute Gasteiger partial charge is 0.347 e. The zero-order chi connectivity index (χ0) is 19.6. The average Bonchev–Trinajstić information content (AvgIpc) is 2.67. The second-order valence-corrected chi connectivity index (χ2v) is 5.81. The Bertz CT molecular complexity index is 821. The Hall–Kier alpha value is -3.06. The maximum absolute atomic E-state index is 11.8. The molecule has 0 aliphatic heterocycles. The molecule has 8 heteroatoms. The summed E-state index contributed by atoms with van der Waals surface area (Å²) in [6, 6.07) is 12.3. The molecule has 7 nitrogen and oxygen atoms in total. The van der Waals surface area contributed by atoms with Crippen LogP contribution >= 0.6 is 11.6 Å². The normalized spacial score (nSPS) is 10.5. The lowest BCUT2D eigenvalue weighted by Crippen LogP contribution is -2.22. The molecule has 1 amide bonds. The van der Waals surface area contributed by atoms with Crippen molar-refractivity contribution in [2.75, 3.05) is 25.6 Å². The number of benzene rings is 2. The van der Waals surface area contributed by atoms with E-state index in [9.17, 15) is 9.59 Å². The second-order valence-electron chi connectivity index (χ2n) is 5.40. The van der Waals surface area contributed by atoms with Gasteiger partial charge in [-0.2, -0.15) is 0 Å². The van der Waals surface area contributed by atoms with Crippen molar-refractivity contribution in [3.8, 4) is 5.75 Å². The van der Waals surface area contributed by atoms with Gasteiger partial charge in [-0.05, 0) is 54.4 Å². The maximum atomic E-state index is 11.8. The molecule has 142 valence electrons. The summed E-state index contributed by atoms with van der Waals surface area (Å²) in [5.41, 5.74) is 2.07. The number of ether oxygens (including phenoxy) is 2. The van der Waals surface area contributed by atoms with Crippen LogP contribution in [0.3, 0.4) is 0 Å². The number of anilines is 1. The summed E-state index contributed by atoms with van der Waals surface area (Å²) in [6.45, 7) is 0.936. The number of nitrogens with one attached hydrogen (secondary N) is 1. The lowest BCUT2D eigenvalue weighted by Gasteiger charge is -2.09. The van der Waals surface area contributed by atoms with Crippen molar-refractivity contribution in [2.24, 2.45) is 5.16 Å². The second kappa shape index (κ2) is 10.2. The SMILES string of the molecule is COc1ccc(/C=N\OCC(=O)OCC(=O)Nc2cccc(Cl)c2C)cc1. The van der Waals surface area contributed by atoms with E-state index in [2.05, 4.69) is 10.5 Å². The van der Waals surface area contributed by atoms with Crippen molar-refractivity contribution in [1.82, 2.24) is 0 Å². The number of carbonyl (C=O) groups is 2. The number of nitrogens with zero attached hydrogens (tertiary/aromatic N) is 1. The molecule has 27 heavy (non-hydrogen) atoms. The minimum Gasteiger partial charge on any atom is -0.497 e. The van der Waals surface area contributed by atoms with Crippen molar-refractivity contribution >= 4 is 35.4 Å². The minimum atomic E-state index is -0.708. The quantitative estimate of drug-likeness (QED) is 0.425. The number of hydrogen-bond acceptors (Lipinski definition) is 6. The predicted molar refractivity (Wildman–Crippen MR) is 102 cm³/mol. The molecule has 2 rings (SSSR count). The van der Waals surface area contributed by atoms with Gasteiger partial charge < -0.3 is 19.6 Å². The monoisotopic (exact) mass is 390 g/mol. The Morgan fingerprint density at radius 1 is 1.15 bits per heavy atom. The molecule has 0 atom stereocenters. The fourth-order valence-corrected chi connectivity index (χ4v) is 2.17. The number of rotatable bonds is 8. The molecule has 0 radical (unpaired) electrons. The van der Waals surface area contributed by atoms with E-state index in [1.807, 2.05) is 0 Å². The van der Waals surface area contributed by atoms with Crippen LogP contribution in [-0.4, -0.2) is 38.4 Å². The average molecular weight is 391 g/mol. The highest BCUT2D eigenvalue weighted by Crippen LogP contribution is 2.22.